The average Bonchev–Trinajstić information content (AvgIpc) is 2.38. The standard InChI is InChI=1S/C17H37N/c1-4-7-9-11-12-14-16-17(18-6-3)15-13-10-8-5-2/h17-18H,4-16H2,1-3H3. The van der Waals surface area contributed by atoms with Crippen LogP contribution in [0.1, 0.15) is 97.8 Å². The molecule has 0 radical (unpaired) electrons. The SMILES string of the molecule is CCCCCCCCC(CCCCCC)NCC. The van der Waals surface area contributed by atoms with Crippen LogP contribution < -0.4 is 5.32 Å². The molecule has 1 heteroatoms. The largest absolute Gasteiger partial charge is 0.314 e. The van der Waals surface area contributed by atoms with Gasteiger partial charge in [0.2, 0.25) is 0 Å². The number of hydrogen-bond donors (Lipinski definition) is 1. The summed E-state index contributed by atoms with van der Waals surface area (Å²) in [5, 5.41) is 3.66. The Morgan fingerprint density at radius 3 is 1.56 bits per heavy atom. The topological polar surface area (TPSA) is 12.0 Å². The molecule has 0 spiro atoms. The molecule has 1 nitrogen and oxygen atoms in total. The fourth-order valence-electron chi connectivity index (χ4n) is 2.63. The molecular formula is C17H37N. The van der Waals surface area contributed by atoms with E-state index in [4.69, 9.17) is 0 Å². The van der Waals surface area contributed by atoms with Gasteiger partial charge in [0.25, 0.3) is 0 Å². The van der Waals surface area contributed by atoms with Crippen molar-refractivity contribution < 1.29 is 0 Å². The average molecular weight is 255 g/mol. The molecule has 0 aliphatic rings. The van der Waals surface area contributed by atoms with Crippen molar-refractivity contribution in [3.8, 4) is 0 Å². The minimum absolute atomic E-state index is 0.790. The highest BCUT2D eigenvalue weighted by Crippen LogP contribution is 2.13. The molecule has 1 N–H and O–H groups in total. The highest BCUT2D eigenvalue weighted by molar-refractivity contribution is 4.66. The van der Waals surface area contributed by atoms with E-state index in [1.165, 1.54) is 77.0 Å². The molecule has 1 atom stereocenters. The van der Waals surface area contributed by atoms with Crippen molar-refractivity contribution in [1.29, 1.82) is 0 Å². The lowest BCUT2D eigenvalue weighted by molar-refractivity contribution is 0.421. The third-order valence-corrected chi connectivity index (χ3v) is 3.81. The highest BCUT2D eigenvalue weighted by atomic mass is 14.9. The van der Waals surface area contributed by atoms with Crippen LogP contribution in [-0.2, 0) is 0 Å². The van der Waals surface area contributed by atoms with E-state index in [0.29, 0.717) is 0 Å². The molecule has 110 valence electrons. The molecule has 0 aliphatic carbocycles. The Bertz CT molecular complexity index is 145. The summed E-state index contributed by atoms with van der Waals surface area (Å²) >= 11 is 0. The van der Waals surface area contributed by atoms with Gasteiger partial charge < -0.3 is 5.32 Å². The summed E-state index contributed by atoms with van der Waals surface area (Å²) in [6.45, 7) is 7.95. The second-order valence-corrected chi connectivity index (χ2v) is 5.66. The zero-order valence-corrected chi connectivity index (χ0v) is 13.3. The number of rotatable bonds is 14. The lowest BCUT2D eigenvalue weighted by Gasteiger charge is -2.17. The van der Waals surface area contributed by atoms with E-state index >= 15 is 0 Å². The summed E-state index contributed by atoms with van der Waals surface area (Å²) in [5.74, 6) is 0. The van der Waals surface area contributed by atoms with Gasteiger partial charge in [0.05, 0.1) is 0 Å². The quantitative estimate of drug-likeness (QED) is 0.393. The summed E-state index contributed by atoms with van der Waals surface area (Å²) < 4.78 is 0. The Kier molecular flexibility index (Phi) is 15.0. The van der Waals surface area contributed by atoms with Gasteiger partial charge in [-0.1, -0.05) is 85.0 Å². The van der Waals surface area contributed by atoms with Crippen LogP contribution in [0.5, 0.6) is 0 Å². The van der Waals surface area contributed by atoms with Crippen molar-refractivity contribution in [3.05, 3.63) is 0 Å². The Labute approximate surface area is 116 Å². The minimum atomic E-state index is 0.790. The first-order chi connectivity index (χ1) is 8.85. The molecule has 0 amide bonds. The second-order valence-electron chi connectivity index (χ2n) is 5.66. The maximum absolute atomic E-state index is 3.66. The molecule has 0 bridgehead atoms. The molecule has 0 aliphatic heterocycles. The molecule has 1 unspecified atom stereocenters. The van der Waals surface area contributed by atoms with Crippen LogP contribution in [0.4, 0.5) is 0 Å². The van der Waals surface area contributed by atoms with Gasteiger partial charge in [-0.15, -0.1) is 0 Å². The van der Waals surface area contributed by atoms with Crippen molar-refractivity contribution in [2.45, 2.75) is 104 Å². The molecule has 0 fully saturated rings. The van der Waals surface area contributed by atoms with Gasteiger partial charge in [0.15, 0.2) is 0 Å². The van der Waals surface area contributed by atoms with E-state index in [-0.39, 0.29) is 0 Å². The van der Waals surface area contributed by atoms with E-state index in [9.17, 15) is 0 Å². The molecule has 0 heterocycles. The Morgan fingerprint density at radius 1 is 0.611 bits per heavy atom. The zero-order chi connectivity index (χ0) is 13.5. The summed E-state index contributed by atoms with van der Waals surface area (Å²) in [7, 11) is 0. The summed E-state index contributed by atoms with van der Waals surface area (Å²) in [5.41, 5.74) is 0. The Hall–Kier alpha value is -0.0400. The van der Waals surface area contributed by atoms with Crippen molar-refractivity contribution in [2.24, 2.45) is 0 Å². The van der Waals surface area contributed by atoms with Crippen LogP contribution in [0.25, 0.3) is 0 Å². The van der Waals surface area contributed by atoms with Crippen LogP contribution in [0.2, 0.25) is 0 Å². The lowest BCUT2D eigenvalue weighted by Crippen LogP contribution is -2.28. The van der Waals surface area contributed by atoms with E-state index in [1.54, 1.807) is 0 Å². The molecule has 0 saturated heterocycles. The first-order valence-electron chi connectivity index (χ1n) is 8.58. The predicted octanol–water partition coefficient (Wildman–Crippen LogP) is 5.69. The lowest BCUT2D eigenvalue weighted by atomic mass is 10.0. The summed E-state index contributed by atoms with van der Waals surface area (Å²) in [6.07, 6.45) is 16.9. The predicted molar refractivity (Wildman–Crippen MR) is 84.2 cm³/mol. The summed E-state index contributed by atoms with van der Waals surface area (Å²) in [6, 6.07) is 0.790. The van der Waals surface area contributed by atoms with Crippen molar-refractivity contribution in [2.75, 3.05) is 6.54 Å². The van der Waals surface area contributed by atoms with E-state index in [0.717, 1.165) is 12.6 Å². The molecule has 18 heavy (non-hydrogen) atoms. The molecule has 0 saturated carbocycles. The fourth-order valence-corrected chi connectivity index (χ4v) is 2.63. The maximum Gasteiger partial charge on any atom is 0.00669 e. The molecule has 0 aromatic heterocycles. The van der Waals surface area contributed by atoms with Gasteiger partial charge in [-0.25, -0.2) is 0 Å². The van der Waals surface area contributed by atoms with Crippen molar-refractivity contribution in [3.63, 3.8) is 0 Å². The fraction of sp³-hybridized carbons (Fsp3) is 1.00. The van der Waals surface area contributed by atoms with Crippen LogP contribution in [0, 0.1) is 0 Å². The molecule has 0 aromatic carbocycles. The first kappa shape index (κ1) is 18.0. The Balaban J connectivity index is 3.44. The maximum atomic E-state index is 3.66. The smallest absolute Gasteiger partial charge is 0.00669 e. The van der Waals surface area contributed by atoms with E-state index in [1.807, 2.05) is 0 Å². The van der Waals surface area contributed by atoms with E-state index < -0.39 is 0 Å². The number of nitrogens with one attached hydrogen (secondary N) is 1. The van der Waals surface area contributed by atoms with Crippen molar-refractivity contribution >= 4 is 0 Å². The monoisotopic (exact) mass is 255 g/mol. The first-order valence-corrected chi connectivity index (χ1v) is 8.58. The summed E-state index contributed by atoms with van der Waals surface area (Å²) in [4.78, 5) is 0. The van der Waals surface area contributed by atoms with Gasteiger partial charge in [0.1, 0.15) is 0 Å². The third kappa shape index (κ3) is 12.4. The normalized spacial score (nSPS) is 12.8. The van der Waals surface area contributed by atoms with Crippen LogP contribution >= 0.6 is 0 Å². The van der Waals surface area contributed by atoms with Crippen LogP contribution in [0.15, 0.2) is 0 Å². The van der Waals surface area contributed by atoms with Gasteiger partial charge in [0, 0.05) is 6.04 Å². The zero-order valence-electron chi connectivity index (χ0n) is 13.3. The second kappa shape index (κ2) is 15.0. The highest BCUT2D eigenvalue weighted by Gasteiger charge is 2.06. The van der Waals surface area contributed by atoms with Gasteiger partial charge in [-0.3, -0.25) is 0 Å². The molecular weight excluding hydrogens is 218 g/mol. The third-order valence-electron chi connectivity index (χ3n) is 3.81. The number of unbranched alkanes of at least 4 members (excludes halogenated alkanes) is 8. The molecule has 0 rings (SSSR count). The Morgan fingerprint density at radius 2 is 1.06 bits per heavy atom. The van der Waals surface area contributed by atoms with E-state index in [2.05, 4.69) is 26.1 Å². The van der Waals surface area contributed by atoms with Gasteiger partial charge >= 0.3 is 0 Å². The number of hydrogen-bond acceptors (Lipinski definition) is 1. The van der Waals surface area contributed by atoms with Crippen LogP contribution in [0.3, 0.4) is 0 Å². The van der Waals surface area contributed by atoms with Crippen molar-refractivity contribution in [1.82, 2.24) is 5.32 Å². The molecule has 0 aromatic rings. The van der Waals surface area contributed by atoms with Crippen LogP contribution in [-0.4, -0.2) is 12.6 Å². The van der Waals surface area contributed by atoms with Gasteiger partial charge in [-0.05, 0) is 19.4 Å². The minimum Gasteiger partial charge on any atom is -0.314 e. The van der Waals surface area contributed by atoms with Gasteiger partial charge in [-0.2, -0.15) is 0 Å².